The van der Waals surface area contributed by atoms with E-state index in [1.165, 1.54) is 11.8 Å². The summed E-state index contributed by atoms with van der Waals surface area (Å²) in [7, 11) is 0. The smallest absolute Gasteiger partial charge is 0.245 e. The third kappa shape index (κ3) is 4.70. The standard InChI is InChI=1S/C17H29N3O5/c1-6-7-10(2)19-16(23)14-15-12(24-17(4,5)25-15)9-20(14)13(22)8-18-11(3)21/h10,12,14-15H,6-9H2,1-5H3,(H,18,21)(H,19,23)/t10?,12-,14-,15-/m0/s1. The Kier molecular flexibility index (Phi) is 6.05. The van der Waals surface area contributed by atoms with Gasteiger partial charge in [0.2, 0.25) is 17.7 Å². The fourth-order valence-corrected chi connectivity index (χ4v) is 3.44. The molecule has 0 saturated carbocycles. The van der Waals surface area contributed by atoms with Crippen molar-refractivity contribution < 1.29 is 23.9 Å². The maximum atomic E-state index is 12.8. The number of carbonyl (C=O) groups excluding carboxylic acids is 3. The second-order valence-electron chi connectivity index (χ2n) is 7.24. The summed E-state index contributed by atoms with van der Waals surface area (Å²) in [5, 5.41) is 5.44. The van der Waals surface area contributed by atoms with Crippen LogP contribution in [0.4, 0.5) is 0 Å². The minimum Gasteiger partial charge on any atom is -0.352 e. The van der Waals surface area contributed by atoms with Gasteiger partial charge < -0.3 is 25.0 Å². The molecule has 2 rings (SSSR count). The van der Waals surface area contributed by atoms with E-state index < -0.39 is 17.9 Å². The van der Waals surface area contributed by atoms with E-state index in [1.54, 1.807) is 13.8 Å². The Hall–Kier alpha value is -1.67. The van der Waals surface area contributed by atoms with Crippen molar-refractivity contribution in [3.05, 3.63) is 0 Å². The molecular formula is C17H29N3O5. The summed E-state index contributed by atoms with van der Waals surface area (Å²) in [6.07, 6.45) is 0.948. The molecule has 0 aromatic heterocycles. The number of amides is 3. The molecule has 0 aliphatic carbocycles. The van der Waals surface area contributed by atoms with Crippen molar-refractivity contribution in [3.63, 3.8) is 0 Å². The molecule has 2 aliphatic heterocycles. The van der Waals surface area contributed by atoms with E-state index >= 15 is 0 Å². The topological polar surface area (TPSA) is 97.0 Å². The number of nitrogens with zero attached hydrogens (tertiary/aromatic N) is 1. The summed E-state index contributed by atoms with van der Waals surface area (Å²) < 4.78 is 11.7. The first-order valence-corrected chi connectivity index (χ1v) is 8.84. The quantitative estimate of drug-likeness (QED) is 0.707. The number of likely N-dealkylation sites (tertiary alicyclic amines) is 1. The minimum absolute atomic E-state index is 0.0131. The van der Waals surface area contributed by atoms with Gasteiger partial charge in [0.05, 0.1) is 13.1 Å². The van der Waals surface area contributed by atoms with E-state index in [0.717, 1.165) is 12.8 Å². The van der Waals surface area contributed by atoms with Crippen LogP contribution in [0.1, 0.15) is 47.5 Å². The Morgan fingerprint density at radius 3 is 2.56 bits per heavy atom. The molecule has 4 atom stereocenters. The molecule has 2 heterocycles. The van der Waals surface area contributed by atoms with Gasteiger partial charge in [-0.25, -0.2) is 0 Å². The highest BCUT2D eigenvalue weighted by Gasteiger charge is 2.56. The zero-order valence-corrected chi connectivity index (χ0v) is 15.6. The number of hydrogen-bond donors (Lipinski definition) is 2. The van der Waals surface area contributed by atoms with Crippen molar-refractivity contribution >= 4 is 17.7 Å². The number of rotatable bonds is 6. The second-order valence-corrected chi connectivity index (χ2v) is 7.24. The van der Waals surface area contributed by atoms with Crippen molar-refractivity contribution in [1.82, 2.24) is 15.5 Å². The van der Waals surface area contributed by atoms with Crippen LogP contribution in [0.2, 0.25) is 0 Å². The van der Waals surface area contributed by atoms with Gasteiger partial charge in [0, 0.05) is 13.0 Å². The summed E-state index contributed by atoms with van der Waals surface area (Å²) in [6, 6.07) is -0.744. The van der Waals surface area contributed by atoms with E-state index in [1.807, 2.05) is 13.8 Å². The molecule has 0 aromatic rings. The highest BCUT2D eigenvalue weighted by atomic mass is 16.8. The molecule has 0 aromatic carbocycles. The van der Waals surface area contributed by atoms with Crippen molar-refractivity contribution in [2.75, 3.05) is 13.1 Å². The minimum atomic E-state index is -0.782. The molecule has 2 aliphatic rings. The van der Waals surface area contributed by atoms with Gasteiger partial charge in [-0.15, -0.1) is 0 Å². The first-order chi connectivity index (χ1) is 11.6. The molecule has 0 spiro atoms. The number of hydrogen-bond acceptors (Lipinski definition) is 5. The van der Waals surface area contributed by atoms with Gasteiger partial charge in [-0.2, -0.15) is 0 Å². The molecule has 8 nitrogen and oxygen atoms in total. The molecule has 3 amide bonds. The molecule has 142 valence electrons. The summed E-state index contributed by atoms with van der Waals surface area (Å²) in [6.45, 7) is 9.05. The fourth-order valence-electron chi connectivity index (χ4n) is 3.44. The van der Waals surface area contributed by atoms with Gasteiger partial charge in [0.25, 0.3) is 0 Å². The predicted molar refractivity (Wildman–Crippen MR) is 90.5 cm³/mol. The number of fused-ring (bicyclic) bond motifs is 1. The Labute approximate surface area is 148 Å². The molecule has 0 radical (unpaired) electrons. The lowest BCUT2D eigenvalue weighted by molar-refractivity contribution is -0.169. The maximum absolute atomic E-state index is 12.8. The van der Waals surface area contributed by atoms with Crippen LogP contribution in [-0.2, 0) is 23.9 Å². The number of carbonyl (C=O) groups is 3. The Morgan fingerprint density at radius 1 is 1.28 bits per heavy atom. The number of nitrogens with one attached hydrogen (secondary N) is 2. The zero-order valence-electron chi connectivity index (χ0n) is 15.6. The van der Waals surface area contributed by atoms with Crippen molar-refractivity contribution in [2.24, 2.45) is 0 Å². The monoisotopic (exact) mass is 355 g/mol. The van der Waals surface area contributed by atoms with Gasteiger partial charge in [-0.05, 0) is 27.2 Å². The van der Waals surface area contributed by atoms with Crippen LogP contribution in [0.15, 0.2) is 0 Å². The summed E-state index contributed by atoms with van der Waals surface area (Å²) in [5.74, 6) is -1.64. The predicted octanol–water partition coefficient (Wildman–Crippen LogP) is 0.158. The first-order valence-electron chi connectivity index (χ1n) is 8.84. The number of ether oxygens (including phenoxy) is 2. The largest absolute Gasteiger partial charge is 0.352 e. The van der Waals surface area contributed by atoms with Crippen LogP contribution < -0.4 is 10.6 Å². The molecular weight excluding hydrogens is 326 g/mol. The van der Waals surface area contributed by atoms with Crippen molar-refractivity contribution in [2.45, 2.75) is 77.5 Å². The van der Waals surface area contributed by atoms with Gasteiger partial charge in [-0.3, -0.25) is 14.4 Å². The molecule has 2 saturated heterocycles. The average Bonchev–Trinajstić information content (AvgIpc) is 2.96. The van der Waals surface area contributed by atoms with Crippen LogP contribution in [-0.4, -0.2) is 65.8 Å². The molecule has 0 bridgehead atoms. The molecule has 2 N–H and O–H groups in total. The highest BCUT2D eigenvalue weighted by molar-refractivity contribution is 5.91. The van der Waals surface area contributed by atoms with Crippen LogP contribution >= 0.6 is 0 Å². The molecule has 1 unspecified atom stereocenters. The van der Waals surface area contributed by atoms with Crippen molar-refractivity contribution in [1.29, 1.82) is 0 Å². The van der Waals surface area contributed by atoms with E-state index in [2.05, 4.69) is 10.6 Å². The average molecular weight is 355 g/mol. The lowest BCUT2D eigenvalue weighted by Gasteiger charge is -2.30. The SMILES string of the molecule is CCCC(C)NC(=O)[C@@H]1[C@H]2OC(C)(C)O[C@H]2CN1C(=O)CNC(C)=O. The van der Waals surface area contributed by atoms with Crippen LogP contribution in [0.5, 0.6) is 0 Å². The van der Waals surface area contributed by atoms with Gasteiger partial charge in [0.1, 0.15) is 18.2 Å². The Bertz CT molecular complexity index is 536. The second kappa shape index (κ2) is 7.70. The van der Waals surface area contributed by atoms with Gasteiger partial charge >= 0.3 is 0 Å². The Morgan fingerprint density at radius 2 is 1.96 bits per heavy atom. The van der Waals surface area contributed by atoms with Crippen LogP contribution in [0.25, 0.3) is 0 Å². The van der Waals surface area contributed by atoms with Crippen LogP contribution in [0.3, 0.4) is 0 Å². The Balaban J connectivity index is 2.13. The lowest BCUT2D eigenvalue weighted by Crippen LogP contribution is -2.54. The molecule has 2 fully saturated rings. The summed E-state index contributed by atoms with van der Waals surface area (Å²) >= 11 is 0. The van der Waals surface area contributed by atoms with Gasteiger partial charge in [0.15, 0.2) is 5.79 Å². The van der Waals surface area contributed by atoms with E-state index in [9.17, 15) is 14.4 Å². The third-order valence-corrected chi connectivity index (χ3v) is 4.43. The molecule has 8 heteroatoms. The fraction of sp³-hybridized carbons (Fsp3) is 0.824. The highest BCUT2D eigenvalue weighted by Crippen LogP contribution is 2.36. The van der Waals surface area contributed by atoms with Gasteiger partial charge in [-0.1, -0.05) is 13.3 Å². The van der Waals surface area contributed by atoms with E-state index in [4.69, 9.17) is 9.47 Å². The summed E-state index contributed by atoms with van der Waals surface area (Å²) in [5.41, 5.74) is 0. The third-order valence-electron chi connectivity index (χ3n) is 4.43. The normalized spacial score (nSPS) is 28.4. The van der Waals surface area contributed by atoms with E-state index in [-0.39, 0.29) is 43.0 Å². The maximum Gasteiger partial charge on any atom is 0.245 e. The van der Waals surface area contributed by atoms with Crippen molar-refractivity contribution in [3.8, 4) is 0 Å². The zero-order chi connectivity index (χ0) is 18.8. The lowest BCUT2D eigenvalue weighted by atomic mass is 10.1. The first kappa shape index (κ1) is 19.7. The summed E-state index contributed by atoms with van der Waals surface area (Å²) in [4.78, 5) is 37.8. The van der Waals surface area contributed by atoms with E-state index in [0.29, 0.717) is 0 Å². The van der Waals surface area contributed by atoms with Crippen LogP contribution in [0, 0.1) is 0 Å². The molecule has 25 heavy (non-hydrogen) atoms.